The van der Waals surface area contributed by atoms with E-state index in [1.807, 2.05) is 18.2 Å². The molecule has 5 nitrogen and oxygen atoms in total. The largest absolute Gasteiger partial charge is 0.489 e. The molecular formula is C31H34N2O3. The van der Waals surface area contributed by atoms with Crippen LogP contribution in [0.5, 0.6) is 5.75 Å². The molecule has 0 saturated carbocycles. The first-order valence-electron chi connectivity index (χ1n) is 12.4. The van der Waals surface area contributed by atoms with E-state index in [0.717, 1.165) is 29.4 Å². The van der Waals surface area contributed by atoms with Crippen LogP contribution in [0.2, 0.25) is 0 Å². The van der Waals surface area contributed by atoms with Gasteiger partial charge in [0.1, 0.15) is 18.6 Å². The standard InChI is InChI=1S/C31H34N2O3/c1-21(2)11-30(27-13-22(3)12-23(4)14-27)33-31(35)28-16-24(8-6-10-34)15-26(17-28)20-36-29-9-5-7-25(18-29)19-32/h5,7,9-10,12-18,21,30H,6,8,11,20H2,1-4H3,(H,33,35). The van der Waals surface area contributed by atoms with E-state index in [-0.39, 0.29) is 18.6 Å². The average molecular weight is 483 g/mol. The summed E-state index contributed by atoms with van der Waals surface area (Å²) in [4.78, 5) is 24.4. The monoisotopic (exact) mass is 482 g/mol. The predicted molar refractivity (Wildman–Crippen MR) is 142 cm³/mol. The van der Waals surface area contributed by atoms with Gasteiger partial charge < -0.3 is 14.8 Å². The highest BCUT2D eigenvalue weighted by atomic mass is 16.5. The summed E-state index contributed by atoms with van der Waals surface area (Å²) in [5.41, 5.74) is 6.25. The van der Waals surface area contributed by atoms with Crippen LogP contribution >= 0.6 is 0 Å². The molecule has 1 unspecified atom stereocenters. The van der Waals surface area contributed by atoms with Crippen molar-refractivity contribution in [2.45, 2.75) is 59.6 Å². The van der Waals surface area contributed by atoms with Crippen molar-refractivity contribution in [2.24, 2.45) is 5.92 Å². The van der Waals surface area contributed by atoms with Gasteiger partial charge in [0.25, 0.3) is 5.91 Å². The Morgan fingerprint density at radius 2 is 1.75 bits per heavy atom. The molecule has 1 amide bonds. The number of carbonyl (C=O) groups is 2. The van der Waals surface area contributed by atoms with Gasteiger partial charge in [0.05, 0.1) is 17.7 Å². The summed E-state index contributed by atoms with van der Waals surface area (Å²) in [6, 6.07) is 21.0. The summed E-state index contributed by atoms with van der Waals surface area (Å²) in [6.45, 7) is 8.69. The van der Waals surface area contributed by atoms with Gasteiger partial charge in [-0.15, -0.1) is 0 Å². The van der Waals surface area contributed by atoms with E-state index in [1.54, 1.807) is 24.3 Å². The maximum absolute atomic E-state index is 13.5. The third-order valence-electron chi connectivity index (χ3n) is 5.89. The fraction of sp³-hybridized carbons (Fsp3) is 0.323. The Morgan fingerprint density at radius 3 is 2.42 bits per heavy atom. The first-order valence-corrected chi connectivity index (χ1v) is 12.4. The second kappa shape index (κ2) is 12.7. The zero-order chi connectivity index (χ0) is 26.1. The summed E-state index contributed by atoms with van der Waals surface area (Å²) in [5.74, 6) is 0.842. The molecule has 0 aliphatic carbocycles. The Bertz CT molecular complexity index is 1240. The van der Waals surface area contributed by atoms with Gasteiger partial charge in [0.15, 0.2) is 0 Å². The highest BCUT2D eigenvalue weighted by Gasteiger charge is 2.19. The molecule has 36 heavy (non-hydrogen) atoms. The number of carbonyl (C=O) groups excluding carboxylic acids is 2. The van der Waals surface area contributed by atoms with E-state index in [2.05, 4.69) is 57.3 Å². The average Bonchev–Trinajstić information content (AvgIpc) is 2.85. The molecular weight excluding hydrogens is 448 g/mol. The lowest BCUT2D eigenvalue weighted by Gasteiger charge is -2.22. The van der Waals surface area contributed by atoms with Gasteiger partial charge in [-0.1, -0.05) is 55.3 Å². The summed E-state index contributed by atoms with van der Waals surface area (Å²) in [6.07, 6.45) is 2.64. The smallest absolute Gasteiger partial charge is 0.251 e. The Balaban J connectivity index is 1.86. The van der Waals surface area contributed by atoms with Crippen molar-refractivity contribution in [1.29, 1.82) is 5.26 Å². The van der Waals surface area contributed by atoms with Crippen molar-refractivity contribution in [1.82, 2.24) is 5.32 Å². The van der Waals surface area contributed by atoms with E-state index >= 15 is 0 Å². The van der Waals surface area contributed by atoms with E-state index in [9.17, 15) is 9.59 Å². The van der Waals surface area contributed by atoms with Crippen molar-refractivity contribution in [3.05, 3.63) is 99.6 Å². The molecule has 0 radical (unpaired) electrons. The van der Waals surface area contributed by atoms with Crippen molar-refractivity contribution in [2.75, 3.05) is 0 Å². The summed E-state index contributed by atoms with van der Waals surface area (Å²) >= 11 is 0. The number of amides is 1. The van der Waals surface area contributed by atoms with E-state index in [4.69, 9.17) is 10.00 Å². The highest BCUT2D eigenvalue weighted by Crippen LogP contribution is 2.25. The molecule has 0 saturated heterocycles. The Kier molecular flexibility index (Phi) is 9.41. The molecule has 3 aromatic carbocycles. The number of nitrogens with one attached hydrogen (secondary N) is 1. The minimum absolute atomic E-state index is 0.108. The molecule has 0 fully saturated rings. The Morgan fingerprint density at radius 1 is 1.03 bits per heavy atom. The lowest BCUT2D eigenvalue weighted by molar-refractivity contribution is -0.107. The summed E-state index contributed by atoms with van der Waals surface area (Å²) in [7, 11) is 0. The van der Waals surface area contributed by atoms with Gasteiger partial charge in [0, 0.05) is 12.0 Å². The van der Waals surface area contributed by atoms with Gasteiger partial charge in [-0.25, -0.2) is 0 Å². The molecule has 3 rings (SSSR count). The molecule has 3 aromatic rings. The number of benzene rings is 3. The van der Waals surface area contributed by atoms with Crippen LogP contribution in [0.15, 0.2) is 60.7 Å². The molecule has 1 atom stereocenters. The molecule has 0 heterocycles. The maximum Gasteiger partial charge on any atom is 0.251 e. The number of rotatable bonds is 11. The van der Waals surface area contributed by atoms with Crippen LogP contribution in [0.25, 0.3) is 0 Å². The van der Waals surface area contributed by atoms with Gasteiger partial charge in [-0.3, -0.25) is 4.79 Å². The number of aldehydes is 1. The quantitative estimate of drug-likeness (QED) is 0.321. The molecule has 0 aromatic heterocycles. The van der Waals surface area contributed by atoms with E-state index in [1.165, 1.54) is 11.1 Å². The first-order chi connectivity index (χ1) is 17.3. The van der Waals surface area contributed by atoms with Crippen LogP contribution in [-0.4, -0.2) is 12.2 Å². The van der Waals surface area contributed by atoms with Crippen LogP contribution < -0.4 is 10.1 Å². The molecule has 186 valence electrons. The molecule has 0 aliphatic rings. The number of aryl methyl sites for hydroxylation is 3. The third-order valence-corrected chi connectivity index (χ3v) is 5.89. The molecule has 5 heteroatoms. The second-order valence-electron chi connectivity index (χ2n) is 9.75. The zero-order valence-electron chi connectivity index (χ0n) is 21.5. The van der Waals surface area contributed by atoms with Crippen LogP contribution in [0.1, 0.15) is 76.5 Å². The fourth-order valence-electron chi connectivity index (χ4n) is 4.37. The van der Waals surface area contributed by atoms with Crippen molar-refractivity contribution in [3.63, 3.8) is 0 Å². The van der Waals surface area contributed by atoms with Gasteiger partial charge in [-0.05, 0) is 79.6 Å². The third kappa shape index (κ3) is 7.81. The lowest BCUT2D eigenvalue weighted by atomic mass is 9.94. The molecule has 0 bridgehead atoms. The number of nitrogens with zero attached hydrogens (tertiary/aromatic N) is 1. The number of hydrogen-bond donors (Lipinski definition) is 1. The van der Waals surface area contributed by atoms with Crippen LogP contribution in [0.3, 0.4) is 0 Å². The Labute approximate surface area is 214 Å². The van der Waals surface area contributed by atoms with E-state index < -0.39 is 0 Å². The highest BCUT2D eigenvalue weighted by molar-refractivity contribution is 5.95. The normalized spacial score (nSPS) is 11.6. The Hall–Kier alpha value is -3.91. The number of nitriles is 1. The van der Waals surface area contributed by atoms with E-state index in [0.29, 0.717) is 35.6 Å². The molecule has 0 spiro atoms. The minimum Gasteiger partial charge on any atom is -0.489 e. The number of hydrogen-bond acceptors (Lipinski definition) is 4. The van der Waals surface area contributed by atoms with Crippen LogP contribution in [0.4, 0.5) is 0 Å². The summed E-state index contributed by atoms with van der Waals surface area (Å²) in [5, 5.41) is 12.4. The predicted octanol–water partition coefficient (Wildman–Crippen LogP) is 6.40. The fourth-order valence-corrected chi connectivity index (χ4v) is 4.37. The first kappa shape index (κ1) is 26.7. The van der Waals surface area contributed by atoms with Gasteiger partial charge in [0.2, 0.25) is 0 Å². The SMILES string of the molecule is Cc1cc(C)cc(C(CC(C)C)NC(=O)c2cc(CCC=O)cc(COc3cccc(C#N)c3)c2)c1. The van der Waals surface area contributed by atoms with Gasteiger partial charge >= 0.3 is 0 Å². The van der Waals surface area contributed by atoms with Crippen LogP contribution in [-0.2, 0) is 17.8 Å². The molecule has 1 N–H and O–H groups in total. The number of ether oxygens (including phenoxy) is 1. The minimum atomic E-state index is -0.152. The maximum atomic E-state index is 13.5. The topological polar surface area (TPSA) is 79.2 Å². The zero-order valence-corrected chi connectivity index (χ0v) is 21.5. The van der Waals surface area contributed by atoms with Crippen molar-refractivity contribution >= 4 is 12.2 Å². The van der Waals surface area contributed by atoms with Crippen molar-refractivity contribution < 1.29 is 14.3 Å². The second-order valence-corrected chi connectivity index (χ2v) is 9.75. The van der Waals surface area contributed by atoms with Crippen molar-refractivity contribution in [3.8, 4) is 11.8 Å². The lowest BCUT2D eigenvalue weighted by Crippen LogP contribution is -2.30. The summed E-state index contributed by atoms with van der Waals surface area (Å²) < 4.78 is 5.91. The van der Waals surface area contributed by atoms with Gasteiger partial charge in [-0.2, -0.15) is 5.26 Å². The molecule has 0 aliphatic heterocycles. The van der Waals surface area contributed by atoms with Crippen LogP contribution in [0, 0.1) is 31.1 Å².